The number of fused-ring (bicyclic) bond motifs is 1. The van der Waals surface area contributed by atoms with Crippen molar-refractivity contribution in [1.29, 1.82) is 0 Å². The zero-order valence-electron chi connectivity index (χ0n) is 12.7. The lowest BCUT2D eigenvalue weighted by Crippen LogP contribution is -2.08. The summed E-state index contributed by atoms with van der Waals surface area (Å²) in [7, 11) is 0. The molecule has 116 valence electrons. The van der Waals surface area contributed by atoms with Gasteiger partial charge in [-0.15, -0.1) is 0 Å². The average molecular weight is 370 g/mol. The molecule has 0 fully saturated rings. The van der Waals surface area contributed by atoms with E-state index in [1.165, 1.54) is 0 Å². The second kappa shape index (κ2) is 6.50. The number of carboxylic acid groups (broad SMARTS) is 1. The van der Waals surface area contributed by atoms with Crippen molar-refractivity contribution in [3.05, 3.63) is 65.7 Å². The van der Waals surface area contributed by atoms with Gasteiger partial charge < -0.3 is 5.11 Å². The Bertz CT molecular complexity index is 860. The average Bonchev–Trinajstić information content (AvgIpc) is 2.54. The fourth-order valence-electron chi connectivity index (χ4n) is 2.88. The quantitative estimate of drug-likeness (QED) is 0.659. The Morgan fingerprint density at radius 2 is 1.78 bits per heavy atom. The van der Waals surface area contributed by atoms with E-state index in [2.05, 4.69) is 15.9 Å². The van der Waals surface area contributed by atoms with Crippen molar-refractivity contribution in [2.24, 2.45) is 0 Å². The number of benzene rings is 2. The topological polar surface area (TPSA) is 50.2 Å². The van der Waals surface area contributed by atoms with E-state index in [9.17, 15) is 9.90 Å². The Hall–Kier alpha value is -2.20. The number of rotatable bonds is 4. The van der Waals surface area contributed by atoms with Crippen LogP contribution in [-0.4, -0.2) is 16.1 Å². The molecule has 2 aromatic carbocycles. The molecule has 0 amide bonds. The Labute approximate surface area is 143 Å². The minimum absolute atomic E-state index is 0.00385. The van der Waals surface area contributed by atoms with Crippen LogP contribution in [0.2, 0.25) is 0 Å². The molecule has 0 saturated heterocycles. The number of hydrogen-bond acceptors (Lipinski definition) is 2. The highest BCUT2D eigenvalue weighted by Crippen LogP contribution is 2.37. The lowest BCUT2D eigenvalue weighted by molar-refractivity contribution is -0.136. The first kappa shape index (κ1) is 15.7. The third kappa shape index (κ3) is 3.13. The molecular weight excluding hydrogens is 354 g/mol. The molecule has 3 aromatic rings. The summed E-state index contributed by atoms with van der Waals surface area (Å²) in [5, 5.41) is 10.3. The highest BCUT2D eigenvalue weighted by Gasteiger charge is 2.21. The first-order valence-corrected chi connectivity index (χ1v) is 8.32. The van der Waals surface area contributed by atoms with E-state index in [0.29, 0.717) is 0 Å². The Morgan fingerprint density at radius 3 is 2.43 bits per heavy atom. The van der Waals surface area contributed by atoms with E-state index >= 15 is 0 Å². The van der Waals surface area contributed by atoms with E-state index < -0.39 is 5.97 Å². The minimum Gasteiger partial charge on any atom is -0.481 e. The summed E-state index contributed by atoms with van der Waals surface area (Å²) in [6.07, 6.45) is -0.0197. The summed E-state index contributed by atoms with van der Waals surface area (Å²) >= 11 is 3.62. The number of aliphatic carboxylic acids is 1. The summed E-state index contributed by atoms with van der Waals surface area (Å²) in [6.45, 7) is 2.00. The van der Waals surface area contributed by atoms with Crippen LogP contribution in [0.3, 0.4) is 0 Å². The van der Waals surface area contributed by atoms with Gasteiger partial charge in [0.25, 0.3) is 0 Å². The fraction of sp³-hybridized carbons (Fsp3) is 0.158. The number of alkyl halides is 1. The van der Waals surface area contributed by atoms with Crippen LogP contribution in [0.25, 0.3) is 22.2 Å². The number of pyridine rings is 1. The molecule has 0 aliphatic carbocycles. The van der Waals surface area contributed by atoms with Gasteiger partial charge in [0.1, 0.15) is 0 Å². The van der Waals surface area contributed by atoms with E-state index in [-0.39, 0.29) is 11.2 Å². The van der Waals surface area contributed by atoms with Crippen LogP contribution in [0.4, 0.5) is 0 Å². The number of halogens is 1. The number of hydrogen-bond donors (Lipinski definition) is 1. The number of nitrogens with zero attached hydrogens (tertiary/aromatic N) is 1. The van der Waals surface area contributed by atoms with E-state index in [0.717, 1.165) is 33.3 Å². The molecule has 0 spiro atoms. The lowest BCUT2D eigenvalue weighted by atomic mass is 9.93. The summed E-state index contributed by atoms with van der Waals surface area (Å²) < 4.78 is 0. The third-order valence-corrected chi connectivity index (χ3v) is 4.27. The lowest BCUT2D eigenvalue weighted by Gasteiger charge is -2.18. The number of para-hydroxylation sites is 1. The standard InChI is InChI=1S/C19H16BrNO2/c1-12(20)18-15(11-17(22)23)14-9-5-6-10-16(14)21-19(18)13-7-3-2-4-8-13/h2-10,12H,11H2,1H3,(H,22,23). The van der Waals surface area contributed by atoms with Gasteiger partial charge in [0.15, 0.2) is 0 Å². The maximum Gasteiger partial charge on any atom is 0.307 e. The first-order chi connectivity index (χ1) is 11.1. The van der Waals surface area contributed by atoms with Crippen molar-refractivity contribution in [2.75, 3.05) is 0 Å². The van der Waals surface area contributed by atoms with E-state index in [1.807, 2.05) is 61.5 Å². The van der Waals surface area contributed by atoms with Crippen LogP contribution in [0.5, 0.6) is 0 Å². The van der Waals surface area contributed by atoms with Crippen LogP contribution >= 0.6 is 15.9 Å². The largest absolute Gasteiger partial charge is 0.481 e. The monoisotopic (exact) mass is 369 g/mol. The molecule has 3 nitrogen and oxygen atoms in total. The van der Waals surface area contributed by atoms with Gasteiger partial charge in [-0.2, -0.15) is 0 Å². The molecule has 0 aliphatic heterocycles. The normalized spacial score (nSPS) is 12.3. The Morgan fingerprint density at radius 1 is 1.13 bits per heavy atom. The molecule has 0 aliphatic rings. The highest BCUT2D eigenvalue weighted by molar-refractivity contribution is 9.09. The maximum absolute atomic E-state index is 11.4. The van der Waals surface area contributed by atoms with Crippen molar-refractivity contribution in [3.8, 4) is 11.3 Å². The molecule has 1 N–H and O–H groups in total. The van der Waals surface area contributed by atoms with Gasteiger partial charge in [0.2, 0.25) is 0 Å². The molecule has 23 heavy (non-hydrogen) atoms. The summed E-state index contributed by atoms with van der Waals surface area (Å²) in [5.74, 6) is -0.838. The van der Waals surface area contributed by atoms with Crippen LogP contribution in [0.15, 0.2) is 54.6 Å². The Balaban J connectivity index is 2.39. The van der Waals surface area contributed by atoms with Crippen molar-refractivity contribution >= 4 is 32.8 Å². The molecule has 1 atom stereocenters. The second-order valence-electron chi connectivity index (χ2n) is 5.42. The zero-order chi connectivity index (χ0) is 16.4. The highest BCUT2D eigenvalue weighted by atomic mass is 79.9. The van der Waals surface area contributed by atoms with Crippen molar-refractivity contribution < 1.29 is 9.90 Å². The van der Waals surface area contributed by atoms with E-state index in [1.54, 1.807) is 0 Å². The van der Waals surface area contributed by atoms with Crippen molar-refractivity contribution in [3.63, 3.8) is 0 Å². The molecule has 1 heterocycles. The summed E-state index contributed by atoms with van der Waals surface area (Å²) in [5.41, 5.74) is 4.42. The number of carbonyl (C=O) groups is 1. The molecule has 0 radical (unpaired) electrons. The smallest absolute Gasteiger partial charge is 0.307 e. The molecule has 0 bridgehead atoms. The van der Waals surface area contributed by atoms with Gasteiger partial charge in [-0.05, 0) is 24.1 Å². The molecule has 1 unspecified atom stereocenters. The van der Waals surface area contributed by atoms with Gasteiger partial charge in [-0.3, -0.25) is 4.79 Å². The van der Waals surface area contributed by atoms with Gasteiger partial charge >= 0.3 is 5.97 Å². The third-order valence-electron chi connectivity index (χ3n) is 3.81. The van der Waals surface area contributed by atoms with Crippen LogP contribution < -0.4 is 0 Å². The second-order valence-corrected chi connectivity index (χ2v) is 6.80. The minimum atomic E-state index is -0.838. The molecule has 4 heteroatoms. The predicted molar refractivity (Wildman–Crippen MR) is 95.9 cm³/mol. The van der Waals surface area contributed by atoms with Gasteiger partial charge in [0, 0.05) is 15.8 Å². The van der Waals surface area contributed by atoms with Crippen LogP contribution in [0.1, 0.15) is 22.9 Å². The summed E-state index contributed by atoms with van der Waals surface area (Å²) in [6, 6.07) is 17.6. The molecule has 3 rings (SSSR count). The summed E-state index contributed by atoms with van der Waals surface area (Å²) in [4.78, 5) is 16.2. The van der Waals surface area contributed by atoms with E-state index in [4.69, 9.17) is 4.98 Å². The number of aromatic nitrogens is 1. The SMILES string of the molecule is CC(Br)c1c(-c2ccccc2)nc2ccccc2c1CC(=O)O. The predicted octanol–water partition coefficient (Wildman–Crippen LogP) is 4.98. The van der Waals surface area contributed by atoms with Crippen molar-refractivity contribution in [1.82, 2.24) is 4.98 Å². The van der Waals surface area contributed by atoms with Crippen LogP contribution in [-0.2, 0) is 11.2 Å². The number of carboxylic acids is 1. The van der Waals surface area contributed by atoms with Crippen LogP contribution in [0, 0.1) is 0 Å². The van der Waals surface area contributed by atoms with Gasteiger partial charge in [-0.1, -0.05) is 64.5 Å². The van der Waals surface area contributed by atoms with Crippen molar-refractivity contribution in [2.45, 2.75) is 18.2 Å². The Kier molecular flexibility index (Phi) is 4.44. The zero-order valence-corrected chi connectivity index (χ0v) is 14.2. The van der Waals surface area contributed by atoms with Gasteiger partial charge in [-0.25, -0.2) is 4.98 Å². The fourth-order valence-corrected chi connectivity index (χ4v) is 3.37. The first-order valence-electron chi connectivity index (χ1n) is 7.40. The molecular formula is C19H16BrNO2. The molecule has 1 aromatic heterocycles. The van der Waals surface area contributed by atoms with Gasteiger partial charge in [0.05, 0.1) is 17.6 Å². The molecule has 0 saturated carbocycles. The maximum atomic E-state index is 11.4.